The van der Waals surface area contributed by atoms with Gasteiger partial charge in [-0.05, 0) is 48.8 Å². The van der Waals surface area contributed by atoms with Crippen LogP contribution < -0.4 is 4.74 Å². The van der Waals surface area contributed by atoms with Crippen LogP contribution in [0.25, 0.3) is 33.5 Å². The molecule has 2 aromatic carbocycles. The minimum absolute atomic E-state index is 0.0620. The lowest BCUT2D eigenvalue weighted by molar-refractivity contribution is 0.0865. The van der Waals surface area contributed by atoms with Crippen LogP contribution in [0.2, 0.25) is 5.02 Å². The molecule has 0 bridgehead atoms. The average Bonchev–Trinajstić information content (AvgIpc) is 3.20. The van der Waals surface area contributed by atoms with Gasteiger partial charge in [0.1, 0.15) is 6.10 Å². The van der Waals surface area contributed by atoms with E-state index in [4.69, 9.17) is 21.3 Å². The lowest BCUT2D eigenvalue weighted by Gasteiger charge is -2.27. The number of nitrogens with zero attached hydrogens (tertiary/aromatic N) is 2. The maximum absolute atomic E-state index is 9.44. The highest BCUT2D eigenvalue weighted by molar-refractivity contribution is 6.33. The Morgan fingerprint density at radius 2 is 1.71 bits per heavy atom. The molecule has 5 rings (SSSR count). The quantitative estimate of drug-likeness (QED) is 0.412. The zero-order chi connectivity index (χ0) is 21.2. The highest BCUT2D eigenvalue weighted by Crippen LogP contribution is 2.32. The first-order valence-electron chi connectivity index (χ1n) is 10.7. The minimum Gasteiger partial charge on any atom is -0.461 e. The molecule has 1 aliphatic carbocycles. The maximum Gasteiger partial charge on any atom is 0.296 e. The first-order valence-corrected chi connectivity index (χ1v) is 11.1. The number of H-pyrrole nitrogens is 1. The molecule has 0 saturated heterocycles. The van der Waals surface area contributed by atoms with Crippen LogP contribution in [0.5, 0.6) is 6.01 Å². The number of aromatic amines is 1. The van der Waals surface area contributed by atoms with Gasteiger partial charge in [0.2, 0.25) is 0 Å². The fraction of sp³-hybridized carbons (Fsp3) is 0.280. The Balaban J connectivity index is 1.39. The van der Waals surface area contributed by atoms with Crippen molar-refractivity contribution in [3.63, 3.8) is 0 Å². The highest BCUT2D eigenvalue weighted by atomic mass is 35.5. The van der Waals surface area contributed by atoms with E-state index in [0.717, 1.165) is 42.3 Å². The standard InChI is InChI=1S/C25H24ClN3O2/c26-21-14-22-24(29-25(27-22)31-20-8-4-5-16(13-20)15-30)28-23(21)19-11-9-18(10-12-19)17-6-2-1-3-7-17/h1-3,6-7,9-12,14,16,20,30H,4-5,8,13,15H2,(H,27,28,29)/t16-,20+/m0/s1. The number of halogens is 1. The van der Waals surface area contributed by atoms with Gasteiger partial charge in [-0.2, -0.15) is 4.98 Å². The number of hydrogen-bond donors (Lipinski definition) is 2. The Hall–Kier alpha value is -2.89. The molecule has 6 heteroatoms. The van der Waals surface area contributed by atoms with Crippen molar-refractivity contribution in [3.05, 3.63) is 65.7 Å². The van der Waals surface area contributed by atoms with Crippen LogP contribution in [0.4, 0.5) is 0 Å². The Morgan fingerprint density at radius 3 is 2.48 bits per heavy atom. The number of ether oxygens (including phenoxy) is 1. The van der Waals surface area contributed by atoms with E-state index in [1.807, 2.05) is 36.4 Å². The minimum atomic E-state index is 0.0620. The van der Waals surface area contributed by atoms with Gasteiger partial charge in [0, 0.05) is 12.2 Å². The largest absolute Gasteiger partial charge is 0.461 e. The number of hydrogen-bond acceptors (Lipinski definition) is 4. The molecule has 1 saturated carbocycles. The third-order valence-corrected chi connectivity index (χ3v) is 6.23. The number of fused-ring (bicyclic) bond motifs is 1. The number of aliphatic hydroxyl groups excluding tert-OH is 1. The van der Waals surface area contributed by atoms with Crippen molar-refractivity contribution in [1.82, 2.24) is 15.0 Å². The number of imidazole rings is 1. The molecule has 5 nitrogen and oxygen atoms in total. The smallest absolute Gasteiger partial charge is 0.296 e. The molecular weight excluding hydrogens is 410 g/mol. The van der Waals surface area contributed by atoms with E-state index in [1.165, 1.54) is 5.56 Å². The van der Waals surface area contributed by atoms with Crippen LogP contribution >= 0.6 is 11.6 Å². The van der Waals surface area contributed by atoms with Crippen LogP contribution in [-0.2, 0) is 0 Å². The van der Waals surface area contributed by atoms with Crippen LogP contribution in [0.1, 0.15) is 25.7 Å². The molecule has 1 fully saturated rings. The van der Waals surface area contributed by atoms with Crippen LogP contribution in [0, 0.1) is 5.92 Å². The number of rotatable bonds is 5. The topological polar surface area (TPSA) is 71.0 Å². The molecule has 31 heavy (non-hydrogen) atoms. The summed E-state index contributed by atoms with van der Waals surface area (Å²) in [5.74, 6) is 0.307. The highest BCUT2D eigenvalue weighted by Gasteiger charge is 2.24. The molecular formula is C25H24ClN3O2. The molecule has 2 N–H and O–H groups in total. The second kappa shape index (κ2) is 8.69. The van der Waals surface area contributed by atoms with Crippen molar-refractivity contribution in [1.29, 1.82) is 0 Å². The summed E-state index contributed by atoms with van der Waals surface area (Å²) in [4.78, 5) is 12.4. The molecule has 2 atom stereocenters. The van der Waals surface area contributed by atoms with E-state index in [0.29, 0.717) is 28.3 Å². The third kappa shape index (κ3) is 4.29. The van der Waals surface area contributed by atoms with Crippen molar-refractivity contribution in [2.24, 2.45) is 5.92 Å². The monoisotopic (exact) mass is 433 g/mol. The Morgan fingerprint density at radius 1 is 0.968 bits per heavy atom. The molecule has 158 valence electrons. The van der Waals surface area contributed by atoms with Gasteiger partial charge in [-0.15, -0.1) is 0 Å². The number of benzene rings is 2. The summed E-state index contributed by atoms with van der Waals surface area (Å²) >= 11 is 6.55. The third-order valence-electron chi connectivity index (χ3n) is 5.94. The van der Waals surface area contributed by atoms with E-state index in [-0.39, 0.29) is 12.7 Å². The molecule has 1 aliphatic rings. The summed E-state index contributed by atoms with van der Waals surface area (Å²) < 4.78 is 6.06. The van der Waals surface area contributed by atoms with Crippen LogP contribution in [0.15, 0.2) is 60.7 Å². The lowest BCUT2D eigenvalue weighted by Crippen LogP contribution is -2.27. The van der Waals surface area contributed by atoms with Crippen molar-refractivity contribution in [2.75, 3.05) is 6.61 Å². The van der Waals surface area contributed by atoms with E-state index in [9.17, 15) is 5.11 Å². The molecule has 0 unspecified atom stereocenters. The number of nitrogens with one attached hydrogen (secondary N) is 1. The predicted molar refractivity (Wildman–Crippen MR) is 123 cm³/mol. The molecule has 0 amide bonds. The lowest BCUT2D eigenvalue weighted by atomic mass is 9.88. The van der Waals surface area contributed by atoms with Crippen molar-refractivity contribution >= 4 is 22.8 Å². The van der Waals surface area contributed by atoms with Gasteiger partial charge in [0.25, 0.3) is 6.01 Å². The van der Waals surface area contributed by atoms with Gasteiger partial charge in [-0.3, -0.25) is 0 Å². The van der Waals surface area contributed by atoms with Crippen molar-refractivity contribution in [3.8, 4) is 28.4 Å². The number of pyridine rings is 1. The van der Waals surface area contributed by atoms with E-state index >= 15 is 0 Å². The number of aliphatic hydroxyl groups is 1. The average molecular weight is 434 g/mol. The first kappa shape index (κ1) is 20.0. The Kier molecular flexibility index (Phi) is 5.62. The van der Waals surface area contributed by atoms with E-state index in [2.05, 4.69) is 34.2 Å². The van der Waals surface area contributed by atoms with Gasteiger partial charge in [-0.1, -0.05) is 66.2 Å². The van der Waals surface area contributed by atoms with Gasteiger partial charge >= 0.3 is 0 Å². The van der Waals surface area contributed by atoms with Gasteiger partial charge < -0.3 is 14.8 Å². The normalized spacial score (nSPS) is 18.9. The fourth-order valence-electron chi connectivity index (χ4n) is 4.28. The van der Waals surface area contributed by atoms with Crippen molar-refractivity contribution < 1.29 is 9.84 Å². The fourth-order valence-corrected chi connectivity index (χ4v) is 4.54. The molecule has 4 aromatic rings. The van der Waals surface area contributed by atoms with Crippen LogP contribution in [0.3, 0.4) is 0 Å². The Bertz CT molecular complexity index is 1170. The first-order chi connectivity index (χ1) is 15.2. The van der Waals surface area contributed by atoms with Crippen LogP contribution in [-0.4, -0.2) is 32.8 Å². The van der Waals surface area contributed by atoms with Gasteiger partial charge in [-0.25, -0.2) is 4.98 Å². The summed E-state index contributed by atoms with van der Waals surface area (Å²) in [6.45, 7) is 0.212. The van der Waals surface area contributed by atoms with Gasteiger partial charge in [0.15, 0.2) is 5.65 Å². The zero-order valence-electron chi connectivity index (χ0n) is 17.1. The predicted octanol–water partition coefficient (Wildman–Crippen LogP) is 5.88. The zero-order valence-corrected chi connectivity index (χ0v) is 17.8. The molecule has 0 spiro atoms. The summed E-state index contributed by atoms with van der Waals surface area (Å²) in [7, 11) is 0. The second-order valence-corrected chi connectivity index (χ2v) is 8.54. The molecule has 2 heterocycles. The molecule has 0 radical (unpaired) electrons. The summed E-state index contributed by atoms with van der Waals surface area (Å²) in [6, 6.07) is 20.8. The number of aromatic nitrogens is 3. The second-order valence-electron chi connectivity index (χ2n) is 8.13. The van der Waals surface area contributed by atoms with Crippen molar-refractivity contribution in [2.45, 2.75) is 31.8 Å². The van der Waals surface area contributed by atoms with E-state index < -0.39 is 0 Å². The Labute approximate surface area is 186 Å². The summed E-state index contributed by atoms with van der Waals surface area (Å²) in [5.41, 5.74) is 5.28. The maximum atomic E-state index is 9.44. The summed E-state index contributed by atoms with van der Waals surface area (Å²) in [5, 5.41) is 10.00. The summed E-state index contributed by atoms with van der Waals surface area (Å²) in [6.07, 6.45) is 4.00. The SMILES string of the molecule is OC[C@H]1CCC[C@@H](Oc2nc3nc(-c4ccc(-c5ccccc5)cc4)c(Cl)cc3[nH]2)C1. The van der Waals surface area contributed by atoms with Gasteiger partial charge in [0.05, 0.1) is 16.2 Å². The molecule has 0 aliphatic heterocycles. The van der Waals surface area contributed by atoms with E-state index in [1.54, 1.807) is 0 Å². The molecule has 2 aromatic heterocycles.